The smallest absolute Gasteiger partial charge is 0.291 e. The number of hydrogen-bond donors (Lipinski definition) is 3. The third-order valence-corrected chi connectivity index (χ3v) is 3.70. The molecular weight excluding hydrogens is 306 g/mol. The maximum Gasteiger partial charge on any atom is 0.291 e. The summed E-state index contributed by atoms with van der Waals surface area (Å²) in [6, 6.07) is 7.76. The molecule has 7 nitrogen and oxygen atoms in total. The van der Waals surface area contributed by atoms with Crippen LogP contribution in [-0.2, 0) is 18.3 Å². The zero-order valence-corrected chi connectivity index (χ0v) is 13.8. The van der Waals surface area contributed by atoms with Crippen LogP contribution in [0.25, 0.3) is 10.9 Å². The zero-order valence-electron chi connectivity index (χ0n) is 13.8. The zero-order chi connectivity index (χ0) is 17.3. The summed E-state index contributed by atoms with van der Waals surface area (Å²) in [5.41, 5.74) is 2.88. The first-order chi connectivity index (χ1) is 11.5. The highest BCUT2D eigenvalue weighted by atomic mass is 16.2. The van der Waals surface area contributed by atoms with Crippen LogP contribution < -0.4 is 10.6 Å². The molecule has 0 aliphatic rings. The van der Waals surface area contributed by atoms with Gasteiger partial charge in [-0.15, -0.1) is 0 Å². The lowest BCUT2D eigenvalue weighted by atomic mass is 10.2. The molecule has 0 radical (unpaired) electrons. The number of fused-ring (bicyclic) bond motifs is 1. The van der Waals surface area contributed by atoms with Gasteiger partial charge in [0, 0.05) is 42.5 Å². The Bertz CT molecular complexity index is 922. The summed E-state index contributed by atoms with van der Waals surface area (Å²) in [6.45, 7) is 3.48. The van der Waals surface area contributed by atoms with Gasteiger partial charge in [-0.1, -0.05) is 6.92 Å². The minimum atomic E-state index is -0.334. The van der Waals surface area contributed by atoms with Gasteiger partial charge in [0.25, 0.3) is 5.91 Å². The van der Waals surface area contributed by atoms with Crippen LogP contribution >= 0.6 is 0 Å². The second kappa shape index (κ2) is 6.19. The molecule has 3 N–H and O–H groups in total. The number of H-pyrrole nitrogens is 1. The second-order valence-electron chi connectivity index (χ2n) is 5.65. The van der Waals surface area contributed by atoms with Crippen LogP contribution in [0.1, 0.15) is 30.2 Å². The van der Waals surface area contributed by atoms with E-state index in [9.17, 15) is 9.59 Å². The molecule has 2 heterocycles. The fourth-order valence-electron chi connectivity index (χ4n) is 2.57. The minimum absolute atomic E-state index is 0.224. The molecule has 7 heteroatoms. The van der Waals surface area contributed by atoms with Crippen molar-refractivity contribution in [3.63, 3.8) is 0 Å². The second-order valence-corrected chi connectivity index (χ2v) is 5.65. The van der Waals surface area contributed by atoms with Gasteiger partial charge in [-0.05, 0) is 30.7 Å². The van der Waals surface area contributed by atoms with Crippen LogP contribution in [0.15, 0.2) is 30.5 Å². The van der Waals surface area contributed by atoms with Crippen LogP contribution in [0.3, 0.4) is 0 Å². The number of imidazole rings is 1. The van der Waals surface area contributed by atoms with Gasteiger partial charge in [0.15, 0.2) is 5.82 Å². The van der Waals surface area contributed by atoms with Crippen molar-refractivity contribution in [1.82, 2.24) is 14.5 Å². The quantitative estimate of drug-likeness (QED) is 0.688. The Hall–Kier alpha value is -3.09. The molecule has 3 rings (SSSR count). The molecule has 0 spiro atoms. The third kappa shape index (κ3) is 3.15. The first-order valence-corrected chi connectivity index (χ1v) is 7.70. The largest absolute Gasteiger partial charge is 0.358 e. The number of nitrogens with one attached hydrogen (secondary N) is 3. The summed E-state index contributed by atoms with van der Waals surface area (Å²) < 4.78 is 1.57. The lowest BCUT2D eigenvalue weighted by Gasteiger charge is -2.05. The molecule has 0 bridgehead atoms. The molecule has 0 saturated heterocycles. The van der Waals surface area contributed by atoms with E-state index in [1.807, 2.05) is 18.2 Å². The summed E-state index contributed by atoms with van der Waals surface area (Å²) >= 11 is 0. The van der Waals surface area contributed by atoms with Crippen molar-refractivity contribution < 1.29 is 9.59 Å². The van der Waals surface area contributed by atoms with E-state index in [1.54, 1.807) is 17.8 Å². The Morgan fingerprint density at radius 2 is 2.04 bits per heavy atom. The number of nitrogens with zero attached hydrogens (tertiary/aromatic N) is 2. The number of amides is 2. The Kier molecular flexibility index (Phi) is 4.07. The third-order valence-electron chi connectivity index (χ3n) is 3.70. The van der Waals surface area contributed by atoms with Gasteiger partial charge in [0.1, 0.15) is 0 Å². The number of rotatable bonds is 4. The number of aromatic nitrogens is 3. The Morgan fingerprint density at radius 3 is 2.75 bits per heavy atom. The normalized spacial score (nSPS) is 10.8. The van der Waals surface area contributed by atoms with Crippen LogP contribution in [0.2, 0.25) is 0 Å². The van der Waals surface area contributed by atoms with Crippen molar-refractivity contribution in [3.8, 4) is 0 Å². The van der Waals surface area contributed by atoms with E-state index >= 15 is 0 Å². The molecule has 0 aliphatic carbocycles. The topological polar surface area (TPSA) is 91.8 Å². The van der Waals surface area contributed by atoms with Crippen molar-refractivity contribution in [3.05, 3.63) is 42.0 Å². The first kappa shape index (κ1) is 15.8. The van der Waals surface area contributed by atoms with E-state index in [0.717, 1.165) is 23.0 Å². The highest BCUT2D eigenvalue weighted by molar-refractivity contribution is 6.03. The Labute approximate surface area is 139 Å². The molecule has 24 heavy (non-hydrogen) atoms. The van der Waals surface area contributed by atoms with Gasteiger partial charge in [-0.2, -0.15) is 0 Å². The van der Waals surface area contributed by atoms with E-state index in [4.69, 9.17) is 0 Å². The predicted octanol–water partition coefficient (Wildman–Crippen LogP) is 2.67. The van der Waals surface area contributed by atoms with Crippen molar-refractivity contribution >= 4 is 34.2 Å². The molecule has 2 aromatic heterocycles. The average Bonchev–Trinajstić information content (AvgIpc) is 3.09. The first-order valence-electron chi connectivity index (χ1n) is 7.70. The number of carbonyl (C=O) groups is 2. The van der Waals surface area contributed by atoms with Crippen molar-refractivity contribution in [1.29, 1.82) is 0 Å². The molecular formula is C17H19N5O2. The van der Waals surface area contributed by atoms with Gasteiger partial charge in [-0.25, -0.2) is 4.98 Å². The van der Waals surface area contributed by atoms with Crippen LogP contribution in [0, 0.1) is 0 Å². The number of anilines is 2. The van der Waals surface area contributed by atoms with Crippen molar-refractivity contribution in [2.45, 2.75) is 20.3 Å². The van der Waals surface area contributed by atoms with E-state index in [1.165, 1.54) is 6.92 Å². The van der Waals surface area contributed by atoms with E-state index in [0.29, 0.717) is 11.5 Å². The molecule has 0 aliphatic heterocycles. The van der Waals surface area contributed by atoms with E-state index in [-0.39, 0.29) is 17.6 Å². The average molecular weight is 325 g/mol. The minimum Gasteiger partial charge on any atom is -0.358 e. The van der Waals surface area contributed by atoms with Crippen LogP contribution in [-0.4, -0.2) is 26.3 Å². The predicted molar refractivity (Wildman–Crippen MR) is 93.1 cm³/mol. The molecule has 124 valence electrons. The monoisotopic (exact) mass is 325 g/mol. The summed E-state index contributed by atoms with van der Waals surface area (Å²) in [6.07, 6.45) is 2.52. The summed E-state index contributed by atoms with van der Waals surface area (Å²) in [7, 11) is 1.70. The van der Waals surface area contributed by atoms with Crippen molar-refractivity contribution in [2.24, 2.45) is 7.05 Å². The summed E-state index contributed by atoms with van der Waals surface area (Å²) in [5.74, 6) is 0.00962. The SMILES string of the molecule is CCc1cc2cc(NC(=O)c3nc(NC(C)=O)cn3C)ccc2[nH]1. The van der Waals surface area contributed by atoms with E-state index in [2.05, 4.69) is 33.6 Å². The lowest BCUT2D eigenvalue weighted by Crippen LogP contribution is -2.16. The summed E-state index contributed by atoms with van der Waals surface area (Å²) in [5, 5.41) is 6.44. The number of hydrogen-bond acceptors (Lipinski definition) is 3. The van der Waals surface area contributed by atoms with Gasteiger partial charge in [0.05, 0.1) is 0 Å². The number of aromatic amines is 1. The van der Waals surface area contributed by atoms with Gasteiger partial charge < -0.3 is 20.2 Å². The van der Waals surface area contributed by atoms with Crippen LogP contribution in [0.5, 0.6) is 0 Å². The molecule has 0 unspecified atom stereocenters. The number of aryl methyl sites for hydroxylation is 2. The lowest BCUT2D eigenvalue weighted by molar-refractivity contribution is -0.114. The van der Waals surface area contributed by atoms with Crippen molar-refractivity contribution in [2.75, 3.05) is 10.6 Å². The van der Waals surface area contributed by atoms with Gasteiger partial charge in [-0.3, -0.25) is 9.59 Å². The fraction of sp³-hybridized carbons (Fsp3) is 0.235. The van der Waals surface area contributed by atoms with E-state index < -0.39 is 0 Å². The molecule has 0 saturated carbocycles. The molecule has 0 atom stereocenters. The van der Waals surface area contributed by atoms with Gasteiger partial charge >= 0.3 is 0 Å². The highest BCUT2D eigenvalue weighted by Gasteiger charge is 2.15. The Morgan fingerprint density at radius 1 is 1.25 bits per heavy atom. The molecule has 0 fully saturated rings. The Balaban J connectivity index is 1.81. The van der Waals surface area contributed by atoms with Crippen LogP contribution in [0.4, 0.5) is 11.5 Å². The molecule has 2 amide bonds. The highest BCUT2D eigenvalue weighted by Crippen LogP contribution is 2.21. The standard InChI is InChI=1S/C17H19N5O2/c1-4-12-7-11-8-13(5-6-14(11)19-12)20-17(24)16-21-15(9-22(16)3)18-10(2)23/h5-9,19H,4H2,1-3H3,(H,18,23)(H,20,24). The number of benzene rings is 1. The fourth-order valence-corrected chi connectivity index (χ4v) is 2.57. The number of carbonyl (C=O) groups excluding carboxylic acids is 2. The maximum atomic E-state index is 12.4. The maximum absolute atomic E-state index is 12.4. The summed E-state index contributed by atoms with van der Waals surface area (Å²) in [4.78, 5) is 31.0. The van der Waals surface area contributed by atoms with Gasteiger partial charge in [0.2, 0.25) is 11.7 Å². The molecule has 3 aromatic rings. The molecule has 1 aromatic carbocycles.